The molecular formula is C19H18FN3O4S. The maximum Gasteiger partial charge on any atom is 0.243 e. The molecule has 7 nitrogen and oxygen atoms in total. The van der Waals surface area contributed by atoms with E-state index in [4.69, 9.17) is 4.52 Å². The van der Waals surface area contributed by atoms with Crippen LogP contribution in [0.1, 0.15) is 28.7 Å². The van der Waals surface area contributed by atoms with Crippen LogP contribution in [0.25, 0.3) is 11.4 Å². The van der Waals surface area contributed by atoms with Crippen molar-refractivity contribution in [3.8, 4) is 11.4 Å². The van der Waals surface area contributed by atoms with Gasteiger partial charge in [-0.2, -0.15) is 9.29 Å². The van der Waals surface area contributed by atoms with Crippen LogP contribution >= 0.6 is 0 Å². The molecule has 0 atom stereocenters. The molecule has 0 aliphatic rings. The van der Waals surface area contributed by atoms with Crippen molar-refractivity contribution >= 4 is 15.8 Å². The van der Waals surface area contributed by atoms with Crippen molar-refractivity contribution in [1.29, 1.82) is 0 Å². The largest absolute Gasteiger partial charge is 0.338 e. The summed E-state index contributed by atoms with van der Waals surface area (Å²) in [5.41, 5.74) is 1.35. The van der Waals surface area contributed by atoms with E-state index in [1.165, 1.54) is 44.3 Å². The Labute approximate surface area is 161 Å². The maximum absolute atomic E-state index is 13.7. The molecule has 0 N–H and O–H groups in total. The van der Waals surface area contributed by atoms with E-state index in [9.17, 15) is 17.6 Å². The van der Waals surface area contributed by atoms with Crippen molar-refractivity contribution in [2.75, 3.05) is 7.05 Å². The molecular weight excluding hydrogens is 385 g/mol. The number of benzene rings is 2. The molecule has 3 aromatic rings. The number of aromatic nitrogens is 2. The van der Waals surface area contributed by atoms with Gasteiger partial charge in [-0.3, -0.25) is 4.79 Å². The van der Waals surface area contributed by atoms with E-state index < -0.39 is 15.8 Å². The molecule has 9 heteroatoms. The highest BCUT2D eigenvalue weighted by Crippen LogP contribution is 2.21. The normalized spacial score (nSPS) is 11.8. The second-order valence-corrected chi connectivity index (χ2v) is 8.36. The Kier molecular flexibility index (Phi) is 5.39. The van der Waals surface area contributed by atoms with E-state index in [1.807, 2.05) is 0 Å². The summed E-state index contributed by atoms with van der Waals surface area (Å²) in [4.78, 5) is 15.5. The first-order chi connectivity index (χ1) is 13.2. The van der Waals surface area contributed by atoms with Crippen molar-refractivity contribution < 1.29 is 22.1 Å². The third kappa shape index (κ3) is 4.00. The molecule has 1 heterocycles. The molecule has 0 fully saturated rings. The molecule has 0 amide bonds. The summed E-state index contributed by atoms with van der Waals surface area (Å²) >= 11 is 0. The highest BCUT2D eigenvalue weighted by atomic mass is 32.2. The van der Waals surface area contributed by atoms with E-state index in [2.05, 4.69) is 10.1 Å². The molecule has 3 rings (SSSR count). The summed E-state index contributed by atoms with van der Waals surface area (Å²) < 4.78 is 45.2. The number of carbonyl (C=O) groups is 1. The third-order valence-corrected chi connectivity index (χ3v) is 6.04. The van der Waals surface area contributed by atoms with Crippen molar-refractivity contribution in [2.45, 2.75) is 25.3 Å². The Morgan fingerprint density at radius 1 is 1.18 bits per heavy atom. The third-order valence-electron chi connectivity index (χ3n) is 4.23. The van der Waals surface area contributed by atoms with Crippen LogP contribution in [-0.4, -0.2) is 35.7 Å². The van der Waals surface area contributed by atoms with E-state index in [0.717, 1.165) is 4.31 Å². The van der Waals surface area contributed by atoms with Crippen LogP contribution in [0, 0.1) is 12.7 Å². The molecule has 0 unspecified atom stereocenters. The van der Waals surface area contributed by atoms with Crippen LogP contribution in [0.5, 0.6) is 0 Å². The van der Waals surface area contributed by atoms with Gasteiger partial charge in [0.1, 0.15) is 5.82 Å². The van der Waals surface area contributed by atoms with Gasteiger partial charge in [-0.05, 0) is 37.6 Å². The number of Topliss-reactive ketones (excluding diaryl/α,β-unsaturated/α-hetero) is 1. The highest BCUT2D eigenvalue weighted by molar-refractivity contribution is 7.89. The molecule has 0 saturated carbocycles. The topological polar surface area (TPSA) is 93.4 Å². The zero-order valence-corrected chi connectivity index (χ0v) is 16.3. The van der Waals surface area contributed by atoms with Gasteiger partial charge in [0.2, 0.25) is 21.7 Å². The number of halogens is 1. The summed E-state index contributed by atoms with van der Waals surface area (Å²) in [5.74, 6) is -0.297. The Bertz CT molecular complexity index is 1120. The van der Waals surface area contributed by atoms with Crippen molar-refractivity contribution in [2.24, 2.45) is 0 Å². The van der Waals surface area contributed by atoms with Gasteiger partial charge in [0, 0.05) is 18.2 Å². The summed E-state index contributed by atoms with van der Waals surface area (Å²) in [7, 11) is -2.43. The summed E-state index contributed by atoms with van der Waals surface area (Å²) in [6.07, 6.45) is 0. The maximum atomic E-state index is 13.7. The number of sulfonamides is 1. The zero-order valence-electron chi connectivity index (χ0n) is 15.5. The Hall–Kier alpha value is -2.91. The molecule has 0 bridgehead atoms. The lowest BCUT2D eigenvalue weighted by Gasteiger charge is -2.15. The Morgan fingerprint density at radius 2 is 1.86 bits per heavy atom. The van der Waals surface area contributed by atoms with Crippen molar-refractivity contribution in [3.05, 3.63) is 65.3 Å². The molecule has 146 valence electrons. The average molecular weight is 403 g/mol. The minimum Gasteiger partial charge on any atom is -0.338 e. The Balaban J connectivity index is 1.78. The SMILES string of the molecule is CC(=O)c1ccc(S(=O)(=O)N(C)Cc2nc(-c3ccc(C)c(F)c3)no2)cc1. The monoisotopic (exact) mass is 403 g/mol. The molecule has 2 aromatic carbocycles. The van der Waals surface area contributed by atoms with E-state index >= 15 is 0 Å². The number of hydrogen-bond donors (Lipinski definition) is 0. The van der Waals surface area contributed by atoms with Gasteiger partial charge in [0.05, 0.1) is 11.4 Å². The van der Waals surface area contributed by atoms with Gasteiger partial charge < -0.3 is 4.52 Å². The number of carbonyl (C=O) groups excluding carboxylic acids is 1. The summed E-state index contributed by atoms with van der Waals surface area (Å²) in [6, 6.07) is 10.2. The summed E-state index contributed by atoms with van der Waals surface area (Å²) in [5, 5.41) is 3.78. The van der Waals surface area contributed by atoms with Gasteiger partial charge in [0.25, 0.3) is 0 Å². The van der Waals surface area contributed by atoms with Crippen molar-refractivity contribution in [3.63, 3.8) is 0 Å². The standard InChI is InChI=1S/C19H18FN3O4S/c1-12-4-5-15(10-17(12)20)19-21-18(27-22-19)11-23(3)28(25,26)16-8-6-14(7-9-16)13(2)24/h4-10H,11H2,1-3H3. The van der Waals surface area contributed by atoms with Crippen molar-refractivity contribution in [1.82, 2.24) is 14.4 Å². The number of nitrogens with zero attached hydrogens (tertiary/aromatic N) is 3. The average Bonchev–Trinajstić information content (AvgIpc) is 3.12. The molecule has 28 heavy (non-hydrogen) atoms. The lowest BCUT2D eigenvalue weighted by Crippen LogP contribution is -2.26. The smallest absolute Gasteiger partial charge is 0.243 e. The van der Waals surface area contributed by atoms with Gasteiger partial charge in [-0.1, -0.05) is 29.4 Å². The fourth-order valence-corrected chi connectivity index (χ4v) is 3.61. The van der Waals surface area contributed by atoms with E-state index in [1.54, 1.807) is 19.1 Å². The molecule has 0 aliphatic carbocycles. The predicted octanol–water partition coefficient (Wildman–Crippen LogP) is 3.21. The van der Waals surface area contributed by atoms with Gasteiger partial charge in [0.15, 0.2) is 5.78 Å². The second kappa shape index (κ2) is 7.61. The van der Waals surface area contributed by atoms with Crippen LogP contribution < -0.4 is 0 Å². The number of rotatable bonds is 6. The van der Waals surface area contributed by atoms with Gasteiger partial charge in [-0.15, -0.1) is 0 Å². The first kappa shape index (κ1) is 19.8. The van der Waals surface area contributed by atoms with E-state index in [-0.39, 0.29) is 28.9 Å². The predicted molar refractivity (Wildman–Crippen MR) is 99.5 cm³/mol. The molecule has 0 saturated heterocycles. The lowest BCUT2D eigenvalue weighted by atomic mass is 10.1. The van der Waals surface area contributed by atoms with Gasteiger partial charge in [-0.25, -0.2) is 12.8 Å². The van der Waals surface area contributed by atoms with Crippen LogP contribution in [0.3, 0.4) is 0 Å². The molecule has 0 spiro atoms. The zero-order chi connectivity index (χ0) is 20.5. The second-order valence-electron chi connectivity index (χ2n) is 6.32. The van der Waals surface area contributed by atoms with Crippen LogP contribution in [0.4, 0.5) is 4.39 Å². The first-order valence-electron chi connectivity index (χ1n) is 8.35. The minimum atomic E-state index is -3.81. The van der Waals surface area contributed by atoms with E-state index in [0.29, 0.717) is 16.7 Å². The highest BCUT2D eigenvalue weighted by Gasteiger charge is 2.23. The lowest BCUT2D eigenvalue weighted by molar-refractivity contribution is 0.101. The summed E-state index contributed by atoms with van der Waals surface area (Å²) in [6.45, 7) is 2.89. The van der Waals surface area contributed by atoms with Crippen LogP contribution in [0.2, 0.25) is 0 Å². The molecule has 0 aliphatic heterocycles. The Morgan fingerprint density at radius 3 is 2.46 bits per heavy atom. The number of ketones is 1. The minimum absolute atomic E-state index is 0.0420. The van der Waals surface area contributed by atoms with Gasteiger partial charge >= 0.3 is 0 Å². The fourth-order valence-electron chi connectivity index (χ4n) is 2.49. The fraction of sp³-hybridized carbons (Fsp3) is 0.211. The number of hydrogen-bond acceptors (Lipinski definition) is 6. The molecule has 0 radical (unpaired) electrons. The van der Waals surface area contributed by atoms with Crippen LogP contribution in [0.15, 0.2) is 51.9 Å². The van der Waals surface area contributed by atoms with Crippen LogP contribution in [-0.2, 0) is 16.6 Å². The molecule has 1 aromatic heterocycles. The quantitative estimate of drug-likeness (QED) is 0.587. The first-order valence-corrected chi connectivity index (χ1v) is 9.79. The number of aryl methyl sites for hydroxylation is 1.